The maximum Gasteiger partial charge on any atom is 0.416 e. The van der Waals surface area contributed by atoms with Crippen LogP contribution in [0.4, 0.5) is 26.7 Å². The van der Waals surface area contributed by atoms with E-state index in [4.69, 9.17) is 9.47 Å². The highest BCUT2D eigenvalue weighted by Crippen LogP contribution is 2.40. The fourth-order valence-electron chi connectivity index (χ4n) is 5.29. The van der Waals surface area contributed by atoms with Crippen molar-refractivity contribution in [3.63, 3.8) is 0 Å². The van der Waals surface area contributed by atoms with Gasteiger partial charge in [-0.25, -0.2) is 18.4 Å². The van der Waals surface area contributed by atoms with Crippen LogP contribution in [0.1, 0.15) is 45.1 Å². The Kier molecular flexibility index (Phi) is 8.31. The third-order valence-electron chi connectivity index (χ3n) is 7.55. The lowest BCUT2D eigenvalue weighted by molar-refractivity contribution is -0.137. The van der Waals surface area contributed by atoms with Gasteiger partial charge in [-0.2, -0.15) is 13.2 Å². The number of nitrogens with zero attached hydrogens (tertiary/aromatic N) is 1. The van der Waals surface area contributed by atoms with Crippen molar-refractivity contribution in [2.75, 3.05) is 13.7 Å². The van der Waals surface area contributed by atoms with Crippen LogP contribution in [0.2, 0.25) is 0 Å². The molecule has 228 valence electrons. The van der Waals surface area contributed by atoms with Crippen molar-refractivity contribution in [2.24, 2.45) is 0 Å². The van der Waals surface area contributed by atoms with Crippen LogP contribution >= 0.6 is 0 Å². The van der Waals surface area contributed by atoms with Gasteiger partial charge in [0.25, 0.3) is 0 Å². The Morgan fingerprint density at radius 3 is 2.34 bits per heavy atom. The molecule has 4 aromatic rings. The van der Waals surface area contributed by atoms with Crippen LogP contribution in [-0.2, 0) is 17.5 Å². The third kappa shape index (κ3) is 6.22. The van der Waals surface area contributed by atoms with Gasteiger partial charge in [-0.15, -0.1) is 0 Å². The van der Waals surface area contributed by atoms with Crippen LogP contribution in [0, 0.1) is 18.6 Å². The smallest absolute Gasteiger partial charge is 0.416 e. The van der Waals surface area contributed by atoms with Crippen molar-refractivity contribution in [1.82, 2.24) is 4.90 Å². The lowest BCUT2D eigenvalue weighted by Crippen LogP contribution is -2.38. The van der Waals surface area contributed by atoms with Gasteiger partial charge in [0.15, 0.2) is 11.6 Å². The van der Waals surface area contributed by atoms with E-state index in [1.807, 2.05) is 0 Å². The Labute approximate surface area is 249 Å². The minimum Gasteiger partial charge on any atom is -0.496 e. The number of amides is 1. The summed E-state index contributed by atoms with van der Waals surface area (Å²) >= 11 is 0. The van der Waals surface area contributed by atoms with Crippen molar-refractivity contribution >= 4 is 12.1 Å². The second-order valence-corrected chi connectivity index (χ2v) is 10.4. The number of carboxylic acid groups (broad SMARTS) is 1. The Morgan fingerprint density at radius 2 is 1.70 bits per heavy atom. The standard InChI is InChI=1S/C33H26F5NO5/c1-18-13-21(31(40)41)3-7-24(18)19-5-10-30(43-2)26(15-19)25-8-6-23(33(36,37)38)14-22(25)17-39-12-11-29(44-32(39)42)20-4-9-27(34)28(35)16-20/h3-10,13-16,29H,11-12,17H2,1-2H3,(H,40,41)/t29-/m0/s1. The molecule has 4 aromatic carbocycles. The number of cyclic esters (lactones) is 1. The molecule has 0 saturated carbocycles. The van der Waals surface area contributed by atoms with Crippen molar-refractivity contribution < 1.29 is 46.1 Å². The molecule has 1 aliphatic heterocycles. The summed E-state index contributed by atoms with van der Waals surface area (Å²) in [7, 11) is 1.43. The highest BCUT2D eigenvalue weighted by atomic mass is 19.4. The molecule has 0 radical (unpaired) electrons. The average molecular weight is 612 g/mol. The van der Waals surface area contributed by atoms with E-state index in [-0.39, 0.29) is 36.2 Å². The highest BCUT2D eigenvalue weighted by molar-refractivity contribution is 5.89. The molecule has 1 amide bonds. The van der Waals surface area contributed by atoms with Crippen LogP contribution in [0.15, 0.2) is 72.8 Å². The molecule has 1 N–H and O–H groups in total. The summed E-state index contributed by atoms with van der Waals surface area (Å²) in [6, 6.07) is 16.3. The number of aryl methyl sites for hydroxylation is 1. The van der Waals surface area contributed by atoms with Crippen LogP contribution < -0.4 is 4.74 Å². The van der Waals surface area contributed by atoms with E-state index >= 15 is 0 Å². The van der Waals surface area contributed by atoms with E-state index in [9.17, 15) is 36.6 Å². The van der Waals surface area contributed by atoms with Crippen molar-refractivity contribution in [2.45, 2.75) is 32.2 Å². The van der Waals surface area contributed by atoms with E-state index in [0.29, 0.717) is 28.0 Å². The van der Waals surface area contributed by atoms with E-state index in [1.165, 1.54) is 36.3 Å². The molecule has 0 spiro atoms. The monoisotopic (exact) mass is 611 g/mol. The maximum absolute atomic E-state index is 13.8. The first-order valence-corrected chi connectivity index (χ1v) is 13.5. The van der Waals surface area contributed by atoms with Crippen LogP contribution in [0.5, 0.6) is 5.75 Å². The van der Waals surface area contributed by atoms with Gasteiger partial charge in [-0.3, -0.25) is 0 Å². The molecule has 1 saturated heterocycles. The van der Waals surface area contributed by atoms with Crippen LogP contribution in [0.25, 0.3) is 22.3 Å². The van der Waals surface area contributed by atoms with Crippen LogP contribution in [-0.4, -0.2) is 35.7 Å². The first-order chi connectivity index (χ1) is 20.8. The second kappa shape index (κ2) is 12.0. The highest BCUT2D eigenvalue weighted by Gasteiger charge is 2.33. The van der Waals surface area contributed by atoms with Gasteiger partial charge in [-0.05, 0) is 88.8 Å². The van der Waals surface area contributed by atoms with Gasteiger partial charge in [0.05, 0.1) is 18.2 Å². The molecule has 1 fully saturated rings. The SMILES string of the molecule is COc1ccc(-c2ccc(C(=O)O)cc2C)cc1-c1ccc(C(F)(F)F)cc1CN1CC[C@@H](c2ccc(F)c(F)c2)OC1=O. The molecule has 11 heteroatoms. The molecule has 0 aromatic heterocycles. The van der Waals surface area contributed by atoms with E-state index in [2.05, 4.69) is 0 Å². The molecule has 0 unspecified atom stereocenters. The number of carbonyl (C=O) groups is 2. The summed E-state index contributed by atoms with van der Waals surface area (Å²) in [6.45, 7) is 1.61. The number of aromatic carboxylic acids is 1. The summed E-state index contributed by atoms with van der Waals surface area (Å²) in [4.78, 5) is 25.6. The number of methoxy groups -OCH3 is 1. The number of benzene rings is 4. The van der Waals surface area contributed by atoms with Crippen molar-refractivity contribution in [3.8, 4) is 28.0 Å². The molecule has 0 bridgehead atoms. The van der Waals surface area contributed by atoms with Gasteiger partial charge in [-0.1, -0.05) is 24.3 Å². The van der Waals surface area contributed by atoms with E-state index in [0.717, 1.165) is 29.8 Å². The Balaban J connectivity index is 1.51. The van der Waals surface area contributed by atoms with Crippen LogP contribution in [0.3, 0.4) is 0 Å². The van der Waals surface area contributed by atoms with Gasteiger partial charge in [0.1, 0.15) is 11.9 Å². The lowest BCUT2D eigenvalue weighted by Gasteiger charge is -2.32. The maximum atomic E-state index is 13.8. The quantitative estimate of drug-likeness (QED) is 0.212. The predicted molar refractivity (Wildman–Crippen MR) is 151 cm³/mol. The number of halogens is 5. The van der Waals surface area contributed by atoms with Gasteiger partial charge in [0, 0.05) is 25.1 Å². The van der Waals surface area contributed by atoms with Gasteiger partial charge >= 0.3 is 18.2 Å². The van der Waals surface area contributed by atoms with E-state index < -0.39 is 41.5 Å². The number of ether oxygens (including phenoxy) is 2. The fraction of sp³-hybridized carbons (Fsp3) is 0.212. The molecule has 1 atom stereocenters. The number of hydrogen-bond donors (Lipinski definition) is 1. The van der Waals surface area contributed by atoms with E-state index in [1.54, 1.807) is 31.2 Å². The number of rotatable bonds is 7. The number of carboxylic acids is 1. The lowest BCUT2D eigenvalue weighted by atomic mass is 9.91. The molecule has 5 rings (SSSR count). The minimum atomic E-state index is -4.65. The molecule has 1 heterocycles. The third-order valence-corrected chi connectivity index (χ3v) is 7.55. The zero-order valence-electron chi connectivity index (χ0n) is 23.5. The molecule has 1 aliphatic rings. The van der Waals surface area contributed by atoms with Gasteiger partial charge in [0.2, 0.25) is 0 Å². The summed E-state index contributed by atoms with van der Waals surface area (Å²) in [5, 5.41) is 9.33. The summed E-state index contributed by atoms with van der Waals surface area (Å²) in [5.74, 6) is -2.83. The topological polar surface area (TPSA) is 76.1 Å². The Hall–Kier alpha value is -4.93. The zero-order chi connectivity index (χ0) is 31.8. The van der Waals surface area contributed by atoms with Gasteiger partial charge < -0.3 is 19.5 Å². The fourth-order valence-corrected chi connectivity index (χ4v) is 5.29. The Bertz CT molecular complexity index is 1750. The molecule has 44 heavy (non-hydrogen) atoms. The predicted octanol–water partition coefficient (Wildman–Crippen LogP) is 8.42. The first kappa shape index (κ1) is 30.5. The molecular formula is C33H26F5NO5. The molecular weight excluding hydrogens is 585 g/mol. The molecule has 6 nitrogen and oxygen atoms in total. The number of carbonyl (C=O) groups excluding carboxylic acids is 1. The summed E-state index contributed by atoms with van der Waals surface area (Å²) in [6.07, 6.45) is -6.11. The zero-order valence-corrected chi connectivity index (χ0v) is 23.5. The van der Waals surface area contributed by atoms with Crippen molar-refractivity contribution in [1.29, 1.82) is 0 Å². The minimum absolute atomic E-state index is 0.0878. The molecule has 0 aliphatic carbocycles. The number of alkyl halides is 3. The summed E-state index contributed by atoms with van der Waals surface area (Å²) < 4.78 is 79.5. The first-order valence-electron chi connectivity index (χ1n) is 13.5. The number of hydrogen-bond acceptors (Lipinski definition) is 4. The second-order valence-electron chi connectivity index (χ2n) is 10.4. The average Bonchev–Trinajstić information content (AvgIpc) is 2.98. The summed E-state index contributed by atoms with van der Waals surface area (Å²) in [5.41, 5.74) is 2.57. The largest absolute Gasteiger partial charge is 0.496 e. The Morgan fingerprint density at radius 1 is 0.955 bits per heavy atom. The normalized spacial score (nSPS) is 15.2. The van der Waals surface area contributed by atoms with Crippen molar-refractivity contribution in [3.05, 3.63) is 112 Å².